The minimum atomic E-state index is 0.208. The van der Waals surface area contributed by atoms with Crippen molar-refractivity contribution in [1.29, 1.82) is 0 Å². The Morgan fingerprint density at radius 1 is 1.33 bits per heavy atom. The quantitative estimate of drug-likeness (QED) is 0.913. The molecule has 3 heteroatoms. The molecule has 18 heavy (non-hydrogen) atoms. The molecule has 2 nitrogen and oxygen atoms in total. The van der Waals surface area contributed by atoms with Gasteiger partial charge >= 0.3 is 0 Å². The fourth-order valence-electron chi connectivity index (χ4n) is 2.46. The third kappa shape index (κ3) is 2.42. The Morgan fingerprint density at radius 2 is 2.28 bits per heavy atom. The number of aryl methyl sites for hydroxylation is 1. The highest BCUT2D eigenvalue weighted by atomic mass is 32.1. The minimum absolute atomic E-state index is 0.208. The van der Waals surface area contributed by atoms with Gasteiger partial charge in [-0.05, 0) is 64.9 Å². The molecule has 0 fully saturated rings. The summed E-state index contributed by atoms with van der Waals surface area (Å²) in [5.74, 6) is 0.953. The number of ether oxygens (including phenoxy) is 1. The molecular weight excluding hydrogens is 242 g/mol. The van der Waals surface area contributed by atoms with Crippen molar-refractivity contribution in [3.8, 4) is 5.75 Å². The number of hydrogen-bond acceptors (Lipinski definition) is 3. The van der Waals surface area contributed by atoms with Crippen molar-refractivity contribution in [3.63, 3.8) is 0 Å². The number of rotatable bonds is 3. The molecule has 0 bridgehead atoms. The molecule has 0 saturated carbocycles. The maximum absolute atomic E-state index is 6.11. The summed E-state index contributed by atoms with van der Waals surface area (Å²) in [6, 6.07) is 8.62. The lowest BCUT2D eigenvalue weighted by Gasteiger charge is -2.22. The number of thiophene rings is 1. The van der Waals surface area contributed by atoms with Gasteiger partial charge in [-0.3, -0.25) is 0 Å². The van der Waals surface area contributed by atoms with E-state index in [2.05, 4.69) is 29.0 Å². The van der Waals surface area contributed by atoms with Crippen molar-refractivity contribution >= 4 is 11.3 Å². The van der Waals surface area contributed by atoms with E-state index in [0.717, 1.165) is 18.6 Å². The lowest BCUT2D eigenvalue weighted by Crippen LogP contribution is -2.17. The summed E-state index contributed by atoms with van der Waals surface area (Å²) in [6.07, 6.45) is 3.41. The van der Waals surface area contributed by atoms with Crippen molar-refractivity contribution in [2.45, 2.75) is 31.9 Å². The summed E-state index contributed by atoms with van der Waals surface area (Å²) in [7, 11) is 0. The fourth-order valence-corrected chi connectivity index (χ4v) is 3.11. The average molecular weight is 259 g/mol. The lowest BCUT2D eigenvalue weighted by molar-refractivity contribution is 0.306. The summed E-state index contributed by atoms with van der Waals surface area (Å²) >= 11 is 1.70. The Bertz CT molecular complexity index is 521. The smallest absolute Gasteiger partial charge is 0.120 e. The van der Waals surface area contributed by atoms with Crippen LogP contribution in [0.3, 0.4) is 0 Å². The van der Waals surface area contributed by atoms with Gasteiger partial charge in [-0.25, -0.2) is 0 Å². The number of nitrogens with two attached hydrogens (primary N) is 1. The number of hydrogen-bond donors (Lipinski definition) is 1. The SMILES string of the molecule is NC1CCCc2cc(OCc3ccsc3)ccc21. The van der Waals surface area contributed by atoms with Crippen LogP contribution in [0, 0.1) is 0 Å². The predicted octanol–water partition coefficient (Wildman–Crippen LogP) is 3.66. The maximum atomic E-state index is 6.11. The molecule has 1 aliphatic rings. The average Bonchev–Trinajstić information content (AvgIpc) is 2.90. The molecule has 94 valence electrons. The monoisotopic (exact) mass is 259 g/mol. The maximum Gasteiger partial charge on any atom is 0.120 e. The van der Waals surface area contributed by atoms with Gasteiger partial charge in [0.25, 0.3) is 0 Å². The summed E-state index contributed by atoms with van der Waals surface area (Å²) < 4.78 is 5.82. The van der Waals surface area contributed by atoms with Crippen LogP contribution in [0.4, 0.5) is 0 Å². The van der Waals surface area contributed by atoms with Crippen molar-refractivity contribution in [2.24, 2.45) is 5.73 Å². The second-order valence-electron chi connectivity index (χ2n) is 4.78. The molecule has 0 spiro atoms. The van der Waals surface area contributed by atoms with Crippen molar-refractivity contribution < 1.29 is 4.74 Å². The summed E-state index contributed by atoms with van der Waals surface area (Å²) in [5, 5.41) is 4.19. The molecule has 1 aromatic heterocycles. The van der Waals surface area contributed by atoms with Crippen molar-refractivity contribution in [1.82, 2.24) is 0 Å². The van der Waals surface area contributed by atoms with Crippen molar-refractivity contribution in [2.75, 3.05) is 0 Å². The van der Waals surface area contributed by atoms with Crippen LogP contribution in [0.1, 0.15) is 35.6 Å². The second-order valence-corrected chi connectivity index (χ2v) is 5.56. The largest absolute Gasteiger partial charge is 0.489 e. The van der Waals surface area contributed by atoms with E-state index in [4.69, 9.17) is 10.5 Å². The van der Waals surface area contributed by atoms with Gasteiger partial charge in [0.2, 0.25) is 0 Å². The van der Waals surface area contributed by atoms with E-state index in [1.54, 1.807) is 11.3 Å². The van der Waals surface area contributed by atoms with E-state index in [-0.39, 0.29) is 6.04 Å². The third-order valence-electron chi connectivity index (χ3n) is 3.46. The molecule has 1 heterocycles. The van der Waals surface area contributed by atoms with Crippen LogP contribution >= 0.6 is 11.3 Å². The zero-order valence-electron chi connectivity index (χ0n) is 10.3. The standard InChI is InChI=1S/C15H17NOS/c16-15-3-1-2-12-8-13(4-5-14(12)15)17-9-11-6-7-18-10-11/h4-8,10,15H,1-3,9,16H2. The van der Waals surface area contributed by atoms with Crippen LogP contribution in [0.2, 0.25) is 0 Å². The fraction of sp³-hybridized carbons (Fsp3) is 0.333. The molecule has 1 aromatic carbocycles. The zero-order chi connectivity index (χ0) is 12.4. The van der Waals surface area contributed by atoms with Gasteiger partial charge in [0.15, 0.2) is 0 Å². The van der Waals surface area contributed by atoms with Gasteiger partial charge in [-0.2, -0.15) is 11.3 Å². The molecular formula is C15H17NOS. The first kappa shape index (κ1) is 11.8. The first-order valence-electron chi connectivity index (χ1n) is 6.35. The lowest BCUT2D eigenvalue weighted by atomic mass is 9.88. The first-order valence-corrected chi connectivity index (χ1v) is 7.29. The number of benzene rings is 1. The van der Waals surface area contributed by atoms with Gasteiger partial charge in [0, 0.05) is 6.04 Å². The van der Waals surface area contributed by atoms with Crippen molar-refractivity contribution in [3.05, 3.63) is 51.7 Å². The van der Waals surface area contributed by atoms with E-state index in [9.17, 15) is 0 Å². The molecule has 3 rings (SSSR count). The Morgan fingerprint density at radius 3 is 3.11 bits per heavy atom. The van der Waals surface area contributed by atoms with Crippen LogP contribution in [0.5, 0.6) is 5.75 Å². The first-order chi connectivity index (χ1) is 8.83. The predicted molar refractivity (Wildman–Crippen MR) is 75.0 cm³/mol. The van der Waals surface area contributed by atoms with E-state index in [1.165, 1.54) is 23.1 Å². The molecule has 1 atom stereocenters. The van der Waals surface area contributed by atoms with E-state index in [0.29, 0.717) is 6.61 Å². The Balaban J connectivity index is 1.74. The molecule has 0 amide bonds. The molecule has 1 aliphatic carbocycles. The van der Waals surface area contributed by atoms with Crippen LogP contribution in [0.15, 0.2) is 35.0 Å². The highest BCUT2D eigenvalue weighted by Crippen LogP contribution is 2.30. The second kappa shape index (κ2) is 5.12. The van der Waals surface area contributed by atoms with Gasteiger partial charge in [-0.15, -0.1) is 0 Å². The third-order valence-corrected chi connectivity index (χ3v) is 4.19. The number of fused-ring (bicyclic) bond motifs is 1. The molecule has 2 N–H and O–H groups in total. The Hall–Kier alpha value is -1.32. The molecule has 2 aromatic rings. The van der Waals surface area contributed by atoms with Gasteiger partial charge in [0.1, 0.15) is 12.4 Å². The summed E-state index contributed by atoms with van der Waals surface area (Å²) in [5.41, 5.74) is 9.99. The summed E-state index contributed by atoms with van der Waals surface area (Å²) in [6.45, 7) is 0.647. The molecule has 1 unspecified atom stereocenters. The van der Waals surface area contributed by atoms with E-state index >= 15 is 0 Å². The Kier molecular flexibility index (Phi) is 3.35. The molecule has 0 radical (unpaired) electrons. The topological polar surface area (TPSA) is 35.2 Å². The van der Waals surface area contributed by atoms with Gasteiger partial charge in [0.05, 0.1) is 0 Å². The van der Waals surface area contributed by atoms with Gasteiger partial charge in [-0.1, -0.05) is 6.07 Å². The van der Waals surface area contributed by atoms with Crippen LogP contribution in [-0.4, -0.2) is 0 Å². The van der Waals surface area contributed by atoms with Crippen LogP contribution in [-0.2, 0) is 13.0 Å². The van der Waals surface area contributed by atoms with Gasteiger partial charge < -0.3 is 10.5 Å². The zero-order valence-corrected chi connectivity index (χ0v) is 11.1. The normalized spacial score (nSPS) is 18.4. The minimum Gasteiger partial charge on any atom is -0.489 e. The molecule has 0 saturated heterocycles. The highest BCUT2D eigenvalue weighted by Gasteiger charge is 2.16. The molecule has 0 aliphatic heterocycles. The highest BCUT2D eigenvalue weighted by molar-refractivity contribution is 7.07. The Labute approximate surface area is 111 Å². The van der Waals surface area contributed by atoms with E-state index in [1.807, 2.05) is 6.07 Å². The van der Waals surface area contributed by atoms with Crippen LogP contribution in [0.25, 0.3) is 0 Å². The van der Waals surface area contributed by atoms with E-state index < -0.39 is 0 Å². The summed E-state index contributed by atoms with van der Waals surface area (Å²) in [4.78, 5) is 0. The van der Waals surface area contributed by atoms with Crippen LogP contribution < -0.4 is 10.5 Å².